The first-order valence-corrected chi connectivity index (χ1v) is 11.6. The van der Waals surface area contributed by atoms with Gasteiger partial charge in [-0.2, -0.15) is 0 Å². The standard InChI is InChI=1S/C28H31FO5/c1-4-9-21-19-23(32-22-11-7-6-8-12-22)14-16-25(21)33-28(10-5-2)34-26-15-13-20(17-24(26)29)18-27(30)31-3/h6-8,11-17,19,28H,4-5,9-10,18H2,1-3H3. The molecule has 0 bridgehead atoms. The van der Waals surface area contributed by atoms with Crippen LogP contribution in [-0.2, 0) is 22.4 Å². The van der Waals surface area contributed by atoms with E-state index < -0.39 is 18.1 Å². The number of rotatable bonds is 12. The van der Waals surface area contributed by atoms with Gasteiger partial charge < -0.3 is 18.9 Å². The molecule has 0 aliphatic carbocycles. The highest BCUT2D eigenvalue weighted by atomic mass is 19.1. The number of ether oxygens (including phenoxy) is 4. The molecular formula is C28H31FO5. The van der Waals surface area contributed by atoms with Crippen molar-refractivity contribution in [2.24, 2.45) is 0 Å². The van der Waals surface area contributed by atoms with Crippen LogP contribution in [0.1, 0.15) is 44.2 Å². The van der Waals surface area contributed by atoms with Crippen LogP contribution < -0.4 is 14.2 Å². The summed E-state index contributed by atoms with van der Waals surface area (Å²) in [7, 11) is 1.30. The van der Waals surface area contributed by atoms with Crippen LogP contribution in [0.5, 0.6) is 23.0 Å². The van der Waals surface area contributed by atoms with Gasteiger partial charge in [-0.3, -0.25) is 4.79 Å². The van der Waals surface area contributed by atoms with Gasteiger partial charge in [0.1, 0.15) is 17.2 Å². The summed E-state index contributed by atoms with van der Waals surface area (Å²) in [6, 6.07) is 19.7. The van der Waals surface area contributed by atoms with Gasteiger partial charge in [-0.15, -0.1) is 0 Å². The molecule has 3 aromatic rings. The Bertz CT molecular complexity index is 1070. The maximum Gasteiger partial charge on any atom is 0.309 e. The number of benzene rings is 3. The fourth-order valence-electron chi connectivity index (χ4n) is 3.47. The summed E-state index contributed by atoms with van der Waals surface area (Å²) in [5.74, 6) is 1.27. The van der Waals surface area contributed by atoms with Crippen molar-refractivity contribution < 1.29 is 28.1 Å². The van der Waals surface area contributed by atoms with Crippen molar-refractivity contribution in [2.75, 3.05) is 7.11 Å². The Hall–Kier alpha value is -3.54. The van der Waals surface area contributed by atoms with Gasteiger partial charge in [-0.05, 0) is 66.4 Å². The normalized spacial score (nSPS) is 11.5. The van der Waals surface area contributed by atoms with E-state index in [1.807, 2.05) is 55.5 Å². The fourth-order valence-corrected chi connectivity index (χ4v) is 3.47. The molecule has 0 N–H and O–H groups in total. The average Bonchev–Trinajstić information content (AvgIpc) is 2.83. The van der Waals surface area contributed by atoms with Gasteiger partial charge in [0.2, 0.25) is 6.29 Å². The van der Waals surface area contributed by atoms with Crippen LogP contribution in [-0.4, -0.2) is 19.4 Å². The smallest absolute Gasteiger partial charge is 0.309 e. The Morgan fingerprint density at radius 2 is 1.62 bits per heavy atom. The second kappa shape index (κ2) is 12.6. The SMILES string of the molecule is CCCc1cc(Oc2ccccc2)ccc1OC(CCC)Oc1ccc(CC(=O)OC)cc1F. The highest BCUT2D eigenvalue weighted by Gasteiger charge is 2.18. The monoisotopic (exact) mass is 466 g/mol. The van der Waals surface area contributed by atoms with Gasteiger partial charge in [-0.25, -0.2) is 4.39 Å². The van der Waals surface area contributed by atoms with Crippen molar-refractivity contribution in [1.29, 1.82) is 0 Å². The van der Waals surface area contributed by atoms with Gasteiger partial charge in [-0.1, -0.05) is 44.5 Å². The molecular weight excluding hydrogens is 435 g/mol. The molecule has 0 spiro atoms. The van der Waals surface area contributed by atoms with Gasteiger partial charge in [0.15, 0.2) is 11.6 Å². The van der Waals surface area contributed by atoms with Crippen LogP contribution in [0.4, 0.5) is 4.39 Å². The van der Waals surface area contributed by atoms with E-state index in [2.05, 4.69) is 11.7 Å². The van der Waals surface area contributed by atoms with Crippen LogP contribution in [0.2, 0.25) is 0 Å². The molecule has 5 nitrogen and oxygen atoms in total. The number of hydrogen-bond donors (Lipinski definition) is 0. The second-order valence-electron chi connectivity index (χ2n) is 7.91. The summed E-state index contributed by atoms with van der Waals surface area (Å²) in [6.45, 7) is 4.11. The minimum Gasteiger partial charge on any atom is -0.469 e. The van der Waals surface area contributed by atoms with Crippen LogP contribution in [0.25, 0.3) is 0 Å². The number of carbonyl (C=O) groups excluding carboxylic acids is 1. The van der Waals surface area contributed by atoms with E-state index in [1.165, 1.54) is 19.2 Å². The Kier molecular flexibility index (Phi) is 9.32. The molecule has 0 radical (unpaired) electrons. The highest BCUT2D eigenvalue weighted by molar-refractivity contribution is 5.72. The molecule has 0 heterocycles. The van der Waals surface area contributed by atoms with Crippen LogP contribution >= 0.6 is 0 Å². The minimum atomic E-state index is -0.664. The molecule has 0 aliphatic rings. The van der Waals surface area contributed by atoms with E-state index >= 15 is 0 Å². The van der Waals surface area contributed by atoms with E-state index in [4.69, 9.17) is 14.2 Å². The molecule has 0 saturated carbocycles. The molecule has 1 atom stereocenters. The van der Waals surface area contributed by atoms with Crippen molar-refractivity contribution in [1.82, 2.24) is 0 Å². The topological polar surface area (TPSA) is 54.0 Å². The Morgan fingerprint density at radius 1 is 0.882 bits per heavy atom. The van der Waals surface area contributed by atoms with Crippen molar-refractivity contribution in [2.45, 2.75) is 52.2 Å². The third kappa shape index (κ3) is 7.24. The Labute approximate surface area is 200 Å². The minimum absolute atomic E-state index is 0.000365. The molecule has 34 heavy (non-hydrogen) atoms. The third-order valence-corrected chi connectivity index (χ3v) is 5.14. The first-order chi connectivity index (χ1) is 16.5. The summed E-state index contributed by atoms with van der Waals surface area (Å²) in [5.41, 5.74) is 1.51. The molecule has 180 valence electrons. The maximum atomic E-state index is 14.7. The van der Waals surface area contributed by atoms with Crippen LogP contribution in [0.15, 0.2) is 66.7 Å². The molecule has 3 aromatic carbocycles. The summed E-state index contributed by atoms with van der Waals surface area (Å²) in [4.78, 5) is 11.5. The van der Waals surface area contributed by atoms with Crippen LogP contribution in [0.3, 0.4) is 0 Å². The lowest BCUT2D eigenvalue weighted by Crippen LogP contribution is -2.24. The lowest BCUT2D eigenvalue weighted by molar-refractivity contribution is -0.139. The first-order valence-electron chi connectivity index (χ1n) is 11.6. The van der Waals surface area contributed by atoms with E-state index in [0.717, 1.165) is 36.3 Å². The third-order valence-electron chi connectivity index (χ3n) is 5.14. The van der Waals surface area contributed by atoms with Crippen molar-refractivity contribution in [3.8, 4) is 23.0 Å². The molecule has 3 rings (SSSR count). The molecule has 0 aliphatic heterocycles. The largest absolute Gasteiger partial charge is 0.469 e. The summed E-state index contributed by atoms with van der Waals surface area (Å²) in [6.07, 6.45) is 2.45. The number of carbonyl (C=O) groups is 1. The molecule has 0 saturated heterocycles. The van der Waals surface area contributed by atoms with Gasteiger partial charge in [0.05, 0.1) is 13.5 Å². The van der Waals surface area contributed by atoms with Gasteiger partial charge >= 0.3 is 5.97 Å². The number of esters is 1. The van der Waals surface area contributed by atoms with E-state index in [9.17, 15) is 9.18 Å². The number of para-hydroxylation sites is 1. The van der Waals surface area contributed by atoms with Crippen molar-refractivity contribution in [3.05, 3.63) is 83.7 Å². The lowest BCUT2D eigenvalue weighted by atomic mass is 10.1. The number of hydrogen-bond acceptors (Lipinski definition) is 5. The summed E-state index contributed by atoms with van der Waals surface area (Å²) in [5, 5.41) is 0. The average molecular weight is 467 g/mol. The quantitative estimate of drug-likeness (QED) is 0.215. The zero-order valence-corrected chi connectivity index (χ0v) is 19.9. The second-order valence-corrected chi connectivity index (χ2v) is 7.91. The molecule has 6 heteroatoms. The maximum absolute atomic E-state index is 14.7. The number of methoxy groups -OCH3 is 1. The zero-order valence-electron chi connectivity index (χ0n) is 19.9. The Balaban J connectivity index is 1.75. The summed E-state index contributed by atoms with van der Waals surface area (Å²) < 4.78 is 37.3. The first kappa shape index (κ1) is 25.1. The van der Waals surface area contributed by atoms with E-state index in [1.54, 1.807) is 6.07 Å². The highest BCUT2D eigenvalue weighted by Crippen LogP contribution is 2.31. The fraction of sp³-hybridized carbons (Fsp3) is 0.321. The van der Waals surface area contributed by atoms with Crippen molar-refractivity contribution in [3.63, 3.8) is 0 Å². The summed E-state index contributed by atoms with van der Waals surface area (Å²) >= 11 is 0. The van der Waals surface area contributed by atoms with Gasteiger partial charge in [0, 0.05) is 6.42 Å². The van der Waals surface area contributed by atoms with E-state index in [-0.39, 0.29) is 12.2 Å². The predicted octanol–water partition coefficient (Wildman–Crippen LogP) is 6.87. The Morgan fingerprint density at radius 3 is 2.29 bits per heavy atom. The molecule has 0 aromatic heterocycles. The number of aryl methyl sites for hydroxylation is 1. The molecule has 0 amide bonds. The number of halogens is 1. The van der Waals surface area contributed by atoms with Gasteiger partial charge in [0.25, 0.3) is 0 Å². The lowest BCUT2D eigenvalue weighted by Gasteiger charge is -2.22. The molecule has 0 fully saturated rings. The zero-order chi connectivity index (χ0) is 24.3. The van der Waals surface area contributed by atoms with E-state index in [0.29, 0.717) is 17.7 Å². The molecule has 1 unspecified atom stereocenters. The van der Waals surface area contributed by atoms with Crippen molar-refractivity contribution >= 4 is 5.97 Å². The predicted molar refractivity (Wildman–Crippen MR) is 129 cm³/mol. The van der Waals surface area contributed by atoms with Crippen LogP contribution in [0, 0.1) is 5.82 Å².